The van der Waals surface area contributed by atoms with Crippen LogP contribution >= 0.6 is 0 Å². The Morgan fingerprint density at radius 1 is 1.04 bits per heavy atom. The molecule has 5 heteroatoms. The number of hydrogen-bond donors (Lipinski definition) is 0. The lowest BCUT2D eigenvalue weighted by Crippen LogP contribution is -2.11. The average Bonchev–Trinajstić information content (AvgIpc) is 3.46. The van der Waals surface area contributed by atoms with Crippen LogP contribution in [-0.2, 0) is 17.7 Å². The standard InChI is InChI=1S/C22H22N4O/c1-2-6-17(7-3-1)21-22(18-10-13-27-15-18)25(16-24-21)12-9-19-14-23-20-8-4-5-11-26(19)20/h1-8,11,14,16,18H,9-10,12-13,15H2. The number of imidazole rings is 2. The summed E-state index contributed by atoms with van der Waals surface area (Å²) in [5.74, 6) is 0.407. The van der Waals surface area contributed by atoms with Gasteiger partial charge in [0.05, 0.1) is 24.3 Å². The van der Waals surface area contributed by atoms with Crippen LogP contribution in [0.4, 0.5) is 0 Å². The number of nitrogens with zero attached hydrogens (tertiary/aromatic N) is 4. The fourth-order valence-corrected chi connectivity index (χ4v) is 3.97. The van der Waals surface area contributed by atoms with E-state index in [1.54, 1.807) is 0 Å². The monoisotopic (exact) mass is 358 g/mol. The van der Waals surface area contributed by atoms with Gasteiger partial charge < -0.3 is 13.7 Å². The van der Waals surface area contributed by atoms with Crippen molar-refractivity contribution >= 4 is 5.65 Å². The van der Waals surface area contributed by atoms with E-state index >= 15 is 0 Å². The van der Waals surface area contributed by atoms with Crippen LogP contribution in [0.2, 0.25) is 0 Å². The smallest absolute Gasteiger partial charge is 0.136 e. The molecule has 0 N–H and O–H groups in total. The molecule has 0 aliphatic carbocycles. The predicted molar refractivity (Wildman–Crippen MR) is 105 cm³/mol. The lowest BCUT2D eigenvalue weighted by molar-refractivity contribution is 0.193. The molecule has 1 aliphatic heterocycles. The molecule has 5 rings (SSSR count). The highest BCUT2D eigenvalue weighted by molar-refractivity contribution is 5.62. The highest BCUT2D eigenvalue weighted by atomic mass is 16.5. The maximum absolute atomic E-state index is 5.68. The van der Waals surface area contributed by atoms with Gasteiger partial charge in [-0.3, -0.25) is 0 Å². The maximum atomic E-state index is 5.68. The van der Waals surface area contributed by atoms with Gasteiger partial charge in [-0.15, -0.1) is 0 Å². The number of aromatic nitrogens is 4. The van der Waals surface area contributed by atoms with E-state index in [-0.39, 0.29) is 0 Å². The highest BCUT2D eigenvalue weighted by Gasteiger charge is 2.25. The zero-order valence-electron chi connectivity index (χ0n) is 15.2. The molecule has 1 unspecified atom stereocenters. The Bertz CT molecular complexity index is 1040. The Hall–Kier alpha value is -2.92. The minimum absolute atomic E-state index is 0.407. The second-order valence-corrected chi connectivity index (χ2v) is 7.03. The van der Waals surface area contributed by atoms with Crippen LogP contribution in [0.15, 0.2) is 67.3 Å². The van der Waals surface area contributed by atoms with E-state index in [4.69, 9.17) is 9.72 Å². The summed E-state index contributed by atoms with van der Waals surface area (Å²) in [6, 6.07) is 16.6. The third kappa shape index (κ3) is 3.04. The molecule has 1 aromatic carbocycles. The topological polar surface area (TPSA) is 44.4 Å². The summed E-state index contributed by atoms with van der Waals surface area (Å²) in [5, 5.41) is 0. The fourth-order valence-electron chi connectivity index (χ4n) is 3.97. The van der Waals surface area contributed by atoms with Gasteiger partial charge in [0.15, 0.2) is 0 Å². The molecule has 4 aromatic rings. The van der Waals surface area contributed by atoms with Crippen molar-refractivity contribution < 1.29 is 4.74 Å². The van der Waals surface area contributed by atoms with Gasteiger partial charge in [-0.1, -0.05) is 36.4 Å². The van der Waals surface area contributed by atoms with Gasteiger partial charge in [-0.2, -0.15) is 0 Å². The first-order valence-corrected chi connectivity index (χ1v) is 9.49. The van der Waals surface area contributed by atoms with Crippen molar-refractivity contribution in [3.05, 3.63) is 78.6 Å². The van der Waals surface area contributed by atoms with Gasteiger partial charge in [0, 0.05) is 49.1 Å². The van der Waals surface area contributed by atoms with Crippen LogP contribution in [-0.4, -0.2) is 32.1 Å². The van der Waals surface area contributed by atoms with Crippen LogP contribution < -0.4 is 0 Å². The van der Waals surface area contributed by atoms with E-state index in [2.05, 4.69) is 44.4 Å². The maximum Gasteiger partial charge on any atom is 0.136 e. The Kier molecular flexibility index (Phi) is 4.22. The van der Waals surface area contributed by atoms with Crippen LogP contribution in [0.1, 0.15) is 23.7 Å². The van der Waals surface area contributed by atoms with Crippen molar-refractivity contribution in [2.75, 3.05) is 13.2 Å². The van der Waals surface area contributed by atoms with Crippen LogP contribution in [0, 0.1) is 0 Å². The van der Waals surface area contributed by atoms with E-state index in [1.807, 2.05) is 36.8 Å². The number of benzene rings is 1. The third-order valence-electron chi connectivity index (χ3n) is 5.34. The van der Waals surface area contributed by atoms with Gasteiger partial charge in [-0.25, -0.2) is 9.97 Å². The molecular weight excluding hydrogens is 336 g/mol. The fraction of sp³-hybridized carbons (Fsp3) is 0.273. The number of pyridine rings is 1. The summed E-state index contributed by atoms with van der Waals surface area (Å²) in [5.41, 5.74) is 5.77. The molecular formula is C22H22N4O. The first-order chi connectivity index (χ1) is 13.4. The molecule has 0 amide bonds. The van der Waals surface area contributed by atoms with E-state index in [0.717, 1.165) is 43.9 Å². The molecule has 4 heterocycles. The van der Waals surface area contributed by atoms with Crippen LogP contribution in [0.25, 0.3) is 16.9 Å². The minimum atomic E-state index is 0.407. The molecule has 27 heavy (non-hydrogen) atoms. The Balaban J connectivity index is 1.47. The van der Waals surface area contributed by atoms with E-state index in [9.17, 15) is 0 Å². The molecule has 0 spiro atoms. The lowest BCUT2D eigenvalue weighted by atomic mass is 9.99. The van der Waals surface area contributed by atoms with Gasteiger partial charge in [0.2, 0.25) is 0 Å². The highest BCUT2D eigenvalue weighted by Crippen LogP contribution is 2.33. The molecule has 1 aliphatic rings. The van der Waals surface area contributed by atoms with Crippen molar-refractivity contribution in [2.45, 2.75) is 25.3 Å². The van der Waals surface area contributed by atoms with Gasteiger partial charge in [0.25, 0.3) is 0 Å². The number of rotatable bonds is 5. The van der Waals surface area contributed by atoms with Crippen LogP contribution in [0.3, 0.4) is 0 Å². The number of ether oxygens (including phenoxy) is 1. The molecule has 1 fully saturated rings. The molecule has 1 atom stereocenters. The largest absolute Gasteiger partial charge is 0.381 e. The van der Waals surface area contributed by atoms with E-state index in [1.165, 1.54) is 17.0 Å². The Morgan fingerprint density at radius 3 is 2.78 bits per heavy atom. The SMILES string of the molecule is c1ccc(-c2ncn(CCc3cnc4ccccn34)c2C2CCOC2)cc1. The summed E-state index contributed by atoms with van der Waals surface area (Å²) in [4.78, 5) is 9.28. The molecule has 5 nitrogen and oxygen atoms in total. The van der Waals surface area contributed by atoms with E-state index in [0.29, 0.717) is 5.92 Å². The zero-order chi connectivity index (χ0) is 18.1. The normalized spacial score (nSPS) is 17.0. The van der Waals surface area contributed by atoms with Crippen molar-refractivity contribution in [1.82, 2.24) is 18.9 Å². The van der Waals surface area contributed by atoms with Crippen LogP contribution in [0.5, 0.6) is 0 Å². The summed E-state index contributed by atoms with van der Waals surface area (Å²) in [6.45, 7) is 2.49. The van der Waals surface area contributed by atoms with E-state index < -0.39 is 0 Å². The summed E-state index contributed by atoms with van der Waals surface area (Å²) < 4.78 is 10.1. The molecule has 0 radical (unpaired) electrons. The first kappa shape index (κ1) is 16.3. The first-order valence-electron chi connectivity index (χ1n) is 9.49. The average molecular weight is 358 g/mol. The van der Waals surface area contributed by atoms with Gasteiger partial charge >= 0.3 is 0 Å². The molecule has 1 saturated heterocycles. The second-order valence-electron chi connectivity index (χ2n) is 7.03. The number of aryl methyl sites for hydroxylation is 2. The minimum Gasteiger partial charge on any atom is -0.381 e. The van der Waals surface area contributed by atoms with Gasteiger partial charge in [-0.05, 0) is 18.6 Å². The lowest BCUT2D eigenvalue weighted by Gasteiger charge is -2.15. The molecule has 136 valence electrons. The summed E-state index contributed by atoms with van der Waals surface area (Å²) in [6.07, 6.45) is 8.01. The molecule has 0 bridgehead atoms. The summed E-state index contributed by atoms with van der Waals surface area (Å²) >= 11 is 0. The second kappa shape index (κ2) is 7.00. The number of hydrogen-bond acceptors (Lipinski definition) is 3. The Labute approximate surface area is 158 Å². The zero-order valence-corrected chi connectivity index (χ0v) is 15.2. The van der Waals surface area contributed by atoms with Crippen molar-refractivity contribution in [2.24, 2.45) is 0 Å². The number of fused-ring (bicyclic) bond motifs is 1. The Morgan fingerprint density at radius 2 is 1.93 bits per heavy atom. The predicted octanol–water partition coefficient (Wildman–Crippen LogP) is 3.94. The summed E-state index contributed by atoms with van der Waals surface area (Å²) in [7, 11) is 0. The van der Waals surface area contributed by atoms with Gasteiger partial charge in [0.1, 0.15) is 5.65 Å². The third-order valence-corrected chi connectivity index (χ3v) is 5.34. The van der Waals surface area contributed by atoms with Crippen molar-refractivity contribution in [1.29, 1.82) is 0 Å². The molecule has 3 aromatic heterocycles. The molecule has 0 saturated carbocycles. The van der Waals surface area contributed by atoms with Crippen molar-refractivity contribution in [3.8, 4) is 11.3 Å². The quantitative estimate of drug-likeness (QED) is 0.543. The van der Waals surface area contributed by atoms with Crippen molar-refractivity contribution in [3.63, 3.8) is 0 Å².